The van der Waals surface area contributed by atoms with Crippen LogP contribution in [0.1, 0.15) is 32.4 Å². The molecule has 6 heteroatoms. The second kappa shape index (κ2) is 6.54. The van der Waals surface area contributed by atoms with Crippen molar-refractivity contribution >= 4 is 23.0 Å². The standard InChI is InChI=1S/C21H20FN3O2/c1-12(2)27-20(26)18-13(3)23-21-24-16-10-6-7-11-17(16)25(21)19(18)14-8-4-5-9-15(14)22/h4-12,19H,1-3H3,(H,23,24)/t19-/m0/s1. The number of ether oxygens (including phenoxy) is 1. The van der Waals surface area contributed by atoms with Crippen LogP contribution in [-0.2, 0) is 9.53 Å². The van der Waals surface area contributed by atoms with E-state index in [1.54, 1.807) is 39.0 Å². The van der Waals surface area contributed by atoms with Gasteiger partial charge in [-0.3, -0.25) is 4.57 Å². The molecule has 1 N–H and O–H groups in total. The summed E-state index contributed by atoms with van der Waals surface area (Å²) in [5, 5.41) is 3.18. The fraction of sp³-hybridized carbons (Fsp3) is 0.238. The fourth-order valence-corrected chi connectivity index (χ4v) is 3.50. The van der Waals surface area contributed by atoms with Crippen molar-refractivity contribution < 1.29 is 13.9 Å². The van der Waals surface area contributed by atoms with Gasteiger partial charge in [-0.1, -0.05) is 30.3 Å². The second-order valence-corrected chi connectivity index (χ2v) is 6.84. The lowest BCUT2D eigenvalue weighted by atomic mass is 9.94. The van der Waals surface area contributed by atoms with Gasteiger partial charge in [0.15, 0.2) is 0 Å². The first kappa shape index (κ1) is 17.3. The molecule has 27 heavy (non-hydrogen) atoms. The summed E-state index contributed by atoms with van der Waals surface area (Å²) < 4.78 is 22.1. The highest BCUT2D eigenvalue weighted by molar-refractivity contribution is 5.94. The van der Waals surface area contributed by atoms with E-state index in [4.69, 9.17) is 4.74 Å². The number of benzene rings is 2. The molecule has 0 radical (unpaired) electrons. The van der Waals surface area contributed by atoms with Crippen LogP contribution in [-0.4, -0.2) is 21.6 Å². The van der Waals surface area contributed by atoms with Crippen LogP contribution in [0.2, 0.25) is 0 Å². The molecule has 0 spiro atoms. The minimum Gasteiger partial charge on any atom is -0.459 e. The zero-order chi connectivity index (χ0) is 19.1. The van der Waals surface area contributed by atoms with E-state index in [1.165, 1.54) is 6.07 Å². The Labute approximate surface area is 156 Å². The van der Waals surface area contributed by atoms with Gasteiger partial charge in [0.1, 0.15) is 5.82 Å². The molecule has 0 aliphatic carbocycles. The van der Waals surface area contributed by atoms with E-state index in [2.05, 4.69) is 10.3 Å². The number of esters is 1. The largest absolute Gasteiger partial charge is 0.459 e. The van der Waals surface area contributed by atoms with Crippen molar-refractivity contribution in [1.82, 2.24) is 9.55 Å². The monoisotopic (exact) mass is 365 g/mol. The third-order valence-electron chi connectivity index (χ3n) is 4.59. The maximum Gasteiger partial charge on any atom is 0.338 e. The number of carbonyl (C=O) groups is 1. The van der Waals surface area contributed by atoms with Gasteiger partial charge in [-0.2, -0.15) is 0 Å². The Morgan fingerprint density at radius 2 is 1.89 bits per heavy atom. The zero-order valence-electron chi connectivity index (χ0n) is 15.4. The van der Waals surface area contributed by atoms with Crippen molar-refractivity contribution in [3.63, 3.8) is 0 Å². The van der Waals surface area contributed by atoms with Gasteiger partial charge >= 0.3 is 5.97 Å². The van der Waals surface area contributed by atoms with Gasteiger partial charge in [0, 0.05) is 11.3 Å². The van der Waals surface area contributed by atoms with E-state index in [-0.39, 0.29) is 11.9 Å². The molecule has 1 atom stereocenters. The Hall–Kier alpha value is -3.15. The number of allylic oxidation sites excluding steroid dienone is 1. The van der Waals surface area contributed by atoms with E-state index in [1.807, 2.05) is 28.8 Å². The Morgan fingerprint density at radius 3 is 2.63 bits per heavy atom. The van der Waals surface area contributed by atoms with Crippen molar-refractivity contribution in [2.75, 3.05) is 5.32 Å². The molecule has 0 amide bonds. The Morgan fingerprint density at radius 1 is 1.19 bits per heavy atom. The van der Waals surface area contributed by atoms with Crippen LogP contribution in [0.25, 0.3) is 11.0 Å². The highest BCUT2D eigenvalue weighted by Gasteiger charge is 2.36. The summed E-state index contributed by atoms with van der Waals surface area (Å²) in [5.74, 6) is -0.273. The number of nitrogens with zero attached hydrogens (tertiary/aromatic N) is 2. The summed E-state index contributed by atoms with van der Waals surface area (Å²) in [6.45, 7) is 5.37. The van der Waals surface area contributed by atoms with Crippen LogP contribution >= 0.6 is 0 Å². The molecule has 0 saturated heterocycles. The topological polar surface area (TPSA) is 56.2 Å². The summed E-state index contributed by atoms with van der Waals surface area (Å²) in [6, 6.07) is 13.4. The lowest BCUT2D eigenvalue weighted by Crippen LogP contribution is -2.30. The van der Waals surface area contributed by atoms with Gasteiger partial charge in [-0.25, -0.2) is 14.2 Å². The van der Waals surface area contributed by atoms with E-state index in [9.17, 15) is 9.18 Å². The molecule has 5 nitrogen and oxygen atoms in total. The van der Waals surface area contributed by atoms with E-state index in [0.717, 1.165) is 11.0 Å². The van der Waals surface area contributed by atoms with Gasteiger partial charge in [0.2, 0.25) is 5.95 Å². The predicted octanol–water partition coefficient (Wildman–Crippen LogP) is 4.42. The number of aromatic nitrogens is 2. The number of nitrogens with one attached hydrogen (secondary N) is 1. The van der Waals surface area contributed by atoms with Crippen molar-refractivity contribution in [2.24, 2.45) is 0 Å². The average Bonchev–Trinajstić information content (AvgIpc) is 2.98. The molecule has 2 aromatic carbocycles. The van der Waals surface area contributed by atoms with Gasteiger partial charge in [0.05, 0.1) is 28.8 Å². The summed E-state index contributed by atoms with van der Waals surface area (Å²) in [4.78, 5) is 17.5. The maximum absolute atomic E-state index is 14.8. The van der Waals surface area contributed by atoms with Crippen LogP contribution in [0.4, 0.5) is 10.3 Å². The molecule has 4 rings (SSSR count). The number of hydrogen-bond acceptors (Lipinski definition) is 4. The van der Waals surface area contributed by atoms with Crippen molar-refractivity contribution in [2.45, 2.75) is 32.9 Å². The van der Waals surface area contributed by atoms with Gasteiger partial charge < -0.3 is 10.1 Å². The summed E-state index contributed by atoms with van der Waals surface area (Å²) in [6.07, 6.45) is -0.278. The van der Waals surface area contributed by atoms with Crippen LogP contribution in [0.5, 0.6) is 0 Å². The molecule has 0 bridgehead atoms. The number of anilines is 1. The first-order chi connectivity index (χ1) is 13.0. The molecule has 138 valence electrons. The van der Waals surface area contributed by atoms with Crippen molar-refractivity contribution in [3.05, 3.63) is 71.2 Å². The number of rotatable bonds is 3. The molecule has 2 heterocycles. The summed E-state index contributed by atoms with van der Waals surface area (Å²) >= 11 is 0. The number of fused-ring (bicyclic) bond motifs is 3. The molecule has 0 saturated carbocycles. The van der Waals surface area contributed by atoms with Crippen molar-refractivity contribution in [1.29, 1.82) is 0 Å². The number of para-hydroxylation sites is 2. The number of imidazole rings is 1. The van der Waals surface area contributed by atoms with E-state index < -0.39 is 12.0 Å². The first-order valence-corrected chi connectivity index (χ1v) is 8.87. The van der Waals surface area contributed by atoms with Gasteiger partial charge in [0.25, 0.3) is 0 Å². The molecule has 0 fully saturated rings. The highest BCUT2D eigenvalue weighted by Crippen LogP contribution is 2.40. The third-order valence-corrected chi connectivity index (χ3v) is 4.59. The quantitative estimate of drug-likeness (QED) is 0.698. The minimum atomic E-state index is -0.666. The summed E-state index contributed by atoms with van der Waals surface area (Å²) in [5.41, 5.74) is 2.97. The molecule has 1 aliphatic rings. The zero-order valence-corrected chi connectivity index (χ0v) is 15.4. The van der Waals surface area contributed by atoms with E-state index >= 15 is 0 Å². The second-order valence-electron chi connectivity index (χ2n) is 6.84. The SMILES string of the molecule is CC1=C(C(=O)OC(C)C)[C@H](c2ccccc2F)n2c(nc3ccccc32)N1. The Balaban J connectivity index is 1.99. The predicted molar refractivity (Wildman–Crippen MR) is 102 cm³/mol. The lowest BCUT2D eigenvalue weighted by molar-refractivity contribution is -0.143. The fourth-order valence-electron chi connectivity index (χ4n) is 3.50. The van der Waals surface area contributed by atoms with Crippen molar-refractivity contribution in [3.8, 4) is 0 Å². The molecule has 1 aromatic heterocycles. The smallest absolute Gasteiger partial charge is 0.338 e. The molecular weight excluding hydrogens is 345 g/mol. The lowest BCUT2D eigenvalue weighted by Gasteiger charge is -2.30. The molecular formula is C21H20FN3O2. The molecule has 0 unspecified atom stereocenters. The maximum atomic E-state index is 14.8. The average molecular weight is 365 g/mol. The first-order valence-electron chi connectivity index (χ1n) is 8.87. The number of halogens is 1. The van der Waals surface area contributed by atoms with Gasteiger partial charge in [-0.05, 0) is 39.0 Å². The Bertz CT molecular complexity index is 1070. The number of hydrogen-bond donors (Lipinski definition) is 1. The minimum absolute atomic E-state index is 0.278. The van der Waals surface area contributed by atoms with Crippen LogP contribution < -0.4 is 5.32 Å². The normalized spacial score (nSPS) is 16.4. The third kappa shape index (κ3) is 2.87. The van der Waals surface area contributed by atoms with Crippen LogP contribution in [0.15, 0.2) is 59.8 Å². The molecule has 3 aromatic rings. The Kier molecular flexibility index (Phi) is 4.18. The summed E-state index contributed by atoms with van der Waals surface area (Å²) in [7, 11) is 0. The molecule has 1 aliphatic heterocycles. The van der Waals surface area contributed by atoms with Gasteiger partial charge in [-0.15, -0.1) is 0 Å². The van der Waals surface area contributed by atoms with E-state index in [0.29, 0.717) is 22.8 Å². The highest BCUT2D eigenvalue weighted by atomic mass is 19.1. The van der Waals surface area contributed by atoms with Crippen LogP contribution in [0, 0.1) is 5.82 Å². The number of carbonyl (C=O) groups excluding carboxylic acids is 1. The van der Waals surface area contributed by atoms with Crippen LogP contribution in [0.3, 0.4) is 0 Å².